The molecule has 0 bridgehead atoms. The number of benzene rings is 1. The molecule has 16 heavy (non-hydrogen) atoms. The molecule has 0 aliphatic carbocycles. The summed E-state index contributed by atoms with van der Waals surface area (Å²) in [5, 5.41) is 10.3. The number of aliphatic hydroxyl groups is 1. The second-order valence-electron chi connectivity index (χ2n) is 4.65. The zero-order chi connectivity index (χ0) is 12.2. The smallest absolute Gasteiger partial charge is 0.0505 e. The van der Waals surface area contributed by atoms with Crippen LogP contribution in [0.1, 0.15) is 19.4 Å². The summed E-state index contributed by atoms with van der Waals surface area (Å²) in [6, 6.07) is 7.73. The summed E-state index contributed by atoms with van der Waals surface area (Å²) in [4.78, 5) is 0. The molecule has 0 heterocycles. The highest BCUT2D eigenvalue weighted by molar-refractivity contribution is 6.31. The summed E-state index contributed by atoms with van der Waals surface area (Å²) in [5.74, 6) is 0.318. The Morgan fingerprint density at radius 1 is 1.38 bits per heavy atom. The highest BCUT2D eigenvalue weighted by atomic mass is 35.5. The van der Waals surface area contributed by atoms with Crippen molar-refractivity contribution in [1.29, 1.82) is 0 Å². The molecule has 3 N–H and O–H groups in total. The molecule has 0 saturated heterocycles. The summed E-state index contributed by atoms with van der Waals surface area (Å²) in [6.45, 7) is 4.72. The van der Waals surface area contributed by atoms with E-state index in [1.165, 1.54) is 0 Å². The van der Waals surface area contributed by atoms with Crippen LogP contribution in [0.25, 0.3) is 0 Å². The molecule has 0 aliphatic heterocycles. The van der Waals surface area contributed by atoms with Crippen molar-refractivity contribution in [2.75, 3.05) is 13.2 Å². The summed E-state index contributed by atoms with van der Waals surface area (Å²) < 4.78 is 0. The summed E-state index contributed by atoms with van der Waals surface area (Å²) in [6.07, 6.45) is 0.720. The standard InChI is InChI=1S/C13H20ClNO/c1-10(2)13(8-15,9-16)7-11-5-3-4-6-12(11)14/h3-6,10,16H,7-9,15H2,1-2H3. The molecule has 1 rings (SSSR count). The molecule has 0 radical (unpaired) electrons. The fraction of sp³-hybridized carbons (Fsp3) is 0.538. The zero-order valence-corrected chi connectivity index (χ0v) is 10.7. The molecule has 0 aliphatic rings. The Hall–Kier alpha value is -0.570. The van der Waals surface area contributed by atoms with E-state index in [2.05, 4.69) is 13.8 Å². The van der Waals surface area contributed by atoms with E-state index in [0.717, 1.165) is 17.0 Å². The van der Waals surface area contributed by atoms with E-state index in [0.29, 0.717) is 12.5 Å². The van der Waals surface area contributed by atoms with Gasteiger partial charge in [0.25, 0.3) is 0 Å². The van der Waals surface area contributed by atoms with Crippen LogP contribution in [0.5, 0.6) is 0 Å². The summed E-state index contributed by atoms with van der Waals surface area (Å²) in [5.41, 5.74) is 6.59. The highest BCUT2D eigenvalue weighted by Crippen LogP contribution is 2.32. The molecule has 0 spiro atoms. The average Bonchev–Trinajstić information content (AvgIpc) is 2.28. The Bertz CT molecular complexity index is 334. The van der Waals surface area contributed by atoms with Gasteiger partial charge in [0.15, 0.2) is 0 Å². The number of nitrogens with two attached hydrogens (primary N) is 1. The maximum absolute atomic E-state index is 9.58. The number of aliphatic hydroxyl groups excluding tert-OH is 1. The minimum Gasteiger partial charge on any atom is -0.396 e. The topological polar surface area (TPSA) is 46.2 Å². The van der Waals surface area contributed by atoms with Gasteiger partial charge in [-0.2, -0.15) is 0 Å². The van der Waals surface area contributed by atoms with Crippen molar-refractivity contribution >= 4 is 11.6 Å². The van der Waals surface area contributed by atoms with E-state index in [-0.39, 0.29) is 12.0 Å². The molecule has 1 aromatic rings. The van der Waals surface area contributed by atoms with Crippen LogP contribution in [-0.2, 0) is 6.42 Å². The number of halogens is 1. The lowest BCUT2D eigenvalue weighted by molar-refractivity contribution is 0.0843. The minimum absolute atomic E-state index is 0.0897. The largest absolute Gasteiger partial charge is 0.396 e. The normalized spacial score (nSPS) is 15.1. The molecule has 0 saturated carbocycles. The Labute approximate surface area is 102 Å². The predicted molar refractivity (Wildman–Crippen MR) is 68.6 cm³/mol. The summed E-state index contributed by atoms with van der Waals surface area (Å²) in [7, 11) is 0. The lowest BCUT2D eigenvalue weighted by atomic mass is 9.73. The Morgan fingerprint density at radius 2 is 2.00 bits per heavy atom. The van der Waals surface area contributed by atoms with Crippen LogP contribution < -0.4 is 5.73 Å². The first-order valence-electron chi connectivity index (χ1n) is 5.60. The van der Waals surface area contributed by atoms with E-state index >= 15 is 0 Å². The molecule has 90 valence electrons. The molecular weight excluding hydrogens is 222 g/mol. The molecule has 0 amide bonds. The highest BCUT2D eigenvalue weighted by Gasteiger charge is 2.32. The first-order chi connectivity index (χ1) is 7.55. The zero-order valence-electron chi connectivity index (χ0n) is 9.91. The Morgan fingerprint density at radius 3 is 2.44 bits per heavy atom. The van der Waals surface area contributed by atoms with Crippen LogP contribution in [0, 0.1) is 11.3 Å². The molecular formula is C13H20ClNO. The van der Waals surface area contributed by atoms with Crippen molar-refractivity contribution in [2.45, 2.75) is 20.3 Å². The van der Waals surface area contributed by atoms with Crippen LogP contribution in [0.3, 0.4) is 0 Å². The lowest BCUT2D eigenvalue weighted by Crippen LogP contribution is -2.41. The van der Waals surface area contributed by atoms with Crippen LogP contribution in [0.4, 0.5) is 0 Å². The quantitative estimate of drug-likeness (QED) is 0.832. The van der Waals surface area contributed by atoms with Crippen LogP contribution in [0.2, 0.25) is 5.02 Å². The van der Waals surface area contributed by atoms with Gasteiger partial charge in [-0.25, -0.2) is 0 Å². The fourth-order valence-electron chi connectivity index (χ4n) is 1.84. The van der Waals surface area contributed by atoms with Gasteiger partial charge in [-0.05, 0) is 24.0 Å². The van der Waals surface area contributed by atoms with Crippen molar-refractivity contribution in [3.63, 3.8) is 0 Å². The van der Waals surface area contributed by atoms with Crippen molar-refractivity contribution in [3.8, 4) is 0 Å². The number of hydrogen-bond acceptors (Lipinski definition) is 2. The van der Waals surface area contributed by atoms with Gasteiger partial charge in [-0.15, -0.1) is 0 Å². The van der Waals surface area contributed by atoms with Crippen molar-refractivity contribution < 1.29 is 5.11 Å². The third-order valence-corrected chi connectivity index (χ3v) is 3.82. The van der Waals surface area contributed by atoms with Crippen molar-refractivity contribution in [2.24, 2.45) is 17.1 Å². The van der Waals surface area contributed by atoms with Crippen LogP contribution >= 0.6 is 11.6 Å². The van der Waals surface area contributed by atoms with Gasteiger partial charge >= 0.3 is 0 Å². The van der Waals surface area contributed by atoms with E-state index < -0.39 is 0 Å². The Balaban J connectivity index is 2.96. The minimum atomic E-state index is -0.273. The average molecular weight is 242 g/mol. The Kier molecular flexibility index (Phi) is 4.78. The van der Waals surface area contributed by atoms with Crippen LogP contribution in [0.15, 0.2) is 24.3 Å². The fourth-order valence-corrected chi connectivity index (χ4v) is 2.04. The number of hydrogen-bond donors (Lipinski definition) is 2. The second kappa shape index (κ2) is 5.67. The van der Waals surface area contributed by atoms with Gasteiger partial charge < -0.3 is 10.8 Å². The second-order valence-corrected chi connectivity index (χ2v) is 5.05. The third kappa shape index (κ3) is 2.76. The molecule has 2 nitrogen and oxygen atoms in total. The van der Waals surface area contributed by atoms with E-state index in [9.17, 15) is 5.11 Å². The monoisotopic (exact) mass is 241 g/mol. The molecule has 3 heteroatoms. The van der Waals surface area contributed by atoms with Gasteiger partial charge in [0.2, 0.25) is 0 Å². The van der Waals surface area contributed by atoms with Crippen molar-refractivity contribution in [1.82, 2.24) is 0 Å². The molecule has 0 aromatic heterocycles. The van der Waals surface area contributed by atoms with Crippen molar-refractivity contribution in [3.05, 3.63) is 34.9 Å². The van der Waals surface area contributed by atoms with Gasteiger partial charge in [0.1, 0.15) is 0 Å². The van der Waals surface area contributed by atoms with Gasteiger partial charge in [-0.3, -0.25) is 0 Å². The first-order valence-corrected chi connectivity index (χ1v) is 5.98. The predicted octanol–water partition coefficient (Wildman–Crippen LogP) is 2.48. The molecule has 0 fully saturated rings. The van der Waals surface area contributed by atoms with E-state index in [1.807, 2.05) is 24.3 Å². The van der Waals surface area contributed by atoms with Gasteiger partial charge in [0, 0.05) is 17.0 Å². The van der Waals surface area contributed by atoms with Crippen LogP contribution in [-0.4, -0.2) is 18.3 Å². The number of rotatable bonds is 5. The SMILES string of the molecule is CC(C)C(CN)(CO)Cc1ccccc1Cl. The van der Waals surface area contributed by atoms with Gasteiger partial charge in [-0.1, -0.05) is 43.6 Å². The third-order valence-electron chi connectivity index (χ3n) is 3.45. The maximum Gasteiger partial charge on any atom is 0.0505 e. The maximum atomic E-state index is 9.58. The lowest BCUT2D eigenvalue weighted by Gasteiger charge is -2.35. The summed E-state index contributed by atoms with van der Waals surface area (Å²) >= 11 is 6.13. The molecule has 1 aromatic carbocycles. The van der Waals surface area contributed by atoms with E-state index in [4.69, 9.17) is 17.3 Å². The molecule has 1 atom stereocenters. The molecule has 1 unspecified atom stereocenters. The van der Waals surface area contributed by atoms with Gasteiger partial charge in [0.05, 0.1) is 6.61 Å². The van der Waals surface area contributed by atoms with E-state index in [1.54, 1.807) is 0 Å². The first kappa shape index (κ1) is 13.5.